The lowest BCUT2D eigenvalue weighted by Gasteiger charge is -2.24. The molecule has 0 saturated carbocycles. The van der Waals surface area contributed by atoms with E-state index >= 15 is 0 Å². The van der Waals surface area contributed by atoms with Crippen LogP contribution in [0.2, 0.25) is 0 Å². The number of allylic oxidation sites excluding steroid dienone is 3. The molecule has 0 bridgehead atoms. The Kier molecular flexibility index (Phi) is 3.57. The molecule has 1 aromatic carbocycles. The molecule has 0 aromatic heterocycles. The van der Waals surface area contributed by atoms with Crippen LogP contribution in [0.1, 0.15) is 23.7 Å². The van der Waals surface area contributed by atoms with Gasteiger partial charge in [0.05, 0.1) is 5.56 Å². The third-order valence-corrected chi connectivity index (χ3v) is 4.80. The molecular formula is C14H14O4S. The molecule has 1 atom stereocenters. The maximum absolute atomic E-state index is 12.2. The highest BCUT2D eigenvalue weighted by Crippen LogP contribution is 2.28. The Labute approximate surface area is 112 Å². The molecule has 0 N–H and O–H groups in total. The molecule has 2 rings (SSSR count). The van der Waals surface area contributed by atoms with Crippen LogP contribution in [-0.4, -0.2) is 19.1 Å². The van der Waals surface area contributed by atoms with Crippen molar-refractivity contribution in [1.82, 2.24) is 0 Å². The molecular weight excluding hydrogens is 264 g/mol. The SMILES string of the molecule is CC1(S(=O)(=O)OC(=O)c2ccccc2)C=CC=CC1. The van der Waals surface area contributed by atoms with E-state index in [4.69, 9.17) is 4.18 Å². The van der Waals surface area contributed by atoms with Crippen LogP contribution in [-0.2, 0) is 14.3 Å². The van der Waals surface area contributed by atoms with Gasteiger partial charge >= 0.3 is 16.1 Å². The number of benzene rings is 1. The number of hydrogen-bond acceptors (Lipinski definition) is 4. The minimum absolute atomic E-state index is 0.213. The van der Waals surface area contributed by atoms with Crippen molar-refractivity contribution in [1.29, 1.82) is 0 Å². The first-order chi connectivity index (χ1) is 8.95. The van der Waals surface area contributed by atoms with E-state index in [0.717, 1.165) is 0 Å². The van der Waals surface area contributed by atoms with Crippen LogP contribution in [0, 0.1) is 0 Å². The van der Waals surface area contributed by atoms with Gasteiger partial charge in [0.25, 0.3) is 0 Å². The summed E-state index contributed by atoms with van der Waals surface area (Å²) in [5.74, 6) is -0.857. The van der Waals surface area contributed by atoms with Crippen LogP contribution in [0.4, 0.5) is 0 Å². The summed E-state index contributed by atoms with van der Waals surface area (Å²) in [6.07, 6.45) is 6.94. The Balaban J connectivity index is 2.21. The second kappa shape index (κ2) is 5.01. The smallest absolute Gasteiger partial charge is 0.341 e. The van der Waals surface area contributed by atoms with Crippen molar-refractivity contribution in [3.8, 4) is 0 Å². The van der Waals surface area contributed by atoms with Crippen LogP contribution >= 0.6 is 0 Å². The third kappa shape index (κ3) is 2.76. The first-order valence-electron chi connectivity index (χ1n) is 5.82. The van der Waals surface area contributed by atoms with Crippen LogP contribution in [0.3, 0.4) is 0 Å². The topological polar surface area (TPSA) is 60.4 Å². The minimum atomic E-state index is -4.02. The lowest BCUT2D eigenvalue weighted by Crippen LogP contribution is -2.36. The van der Waals surface area contributed by atoms with Crippen molar-refractivity contribution in [2.75, 3.05) is 0 Å². The van der Waals surface area contributed by atoms with Gasteiger partial charge in [0.15, 0.2) is 0 Å². The van der Waals surface area contributed by atoms with E-state index in [1.807, 2.05) is 0 Å². The van der Waals surface area contributed by atoms with Crippen molar-refractivity contribution in [3.05, 3.63) is 60.2 Å². The van der Waals surface area contributed by atoms with Crippen molar-refractivity contribution >= 4 is 16.1 Å². The molecule has 1 unspecified atom stereocenters. The molecule has 0 fully saturated rings. The van der Waals surface area contributed by atoms with Crippen molar-refractivity contribution in [2.45, 2.75) is 18.1 Å². The summed E-state index contributed by atoms with van der Waals surface area (Å²) >= 11 is 0. The van der Waals surface area contributed by atoms with Gasteiger partial charge in [-0.05, 0) is 25.5 Å². The molecule has 0 aliphatic heterocycles. The number of hydrogen-bond donors (Lipinski definition) is 0. The molecule has 1 aliphatic carbocycles. The minimum Gasteiger partial charge on any atom is -0.341 e. The van der Waals surface area contributed by atoms with Crippen LogP contribution in [0.25, 0.3) is 0 Å². The van der Waals surface area contributed by atoms with Crippen molar-refractivity contribution in [2.24, 2.45) is 0 Å². The van der Waals surface area contributed by atoms with Gasteiger partial charge in [-0.15, -0.1) is 0 Å². The highest BCUT2D eigenvalue weighted by molar-refractivity contribution is 7.88. The monoisotopic (exact) mass is 278 g/mol. The van der Waals surface area contributed by atoms with E-state index in [1.165, 1.54) is 25.1 Å². The second-order valence-electron chi connectivity index (χ2n) is 4.49. The van der Waals surface area contributed by atoms with Crippen molar-refractivity contribution in [3.63, 3.8) is 0 Å². The van der Waals surface area contributed by atoms with Gasteiger partial charge in [0.2, 0.25) is 0 Å². The zero-order chi connectivity index (χ0) is 13.9. The van der Waals surface area contributed by atoms with E-state index < -0.39 is 20.8 Å². The van der Waals surface area contributed by atoms with Gasteiger partial charge in [-0.25, -0.2) is 4.79 Å². The lowest BCUT2D eigenvalue weighted by molar-refractivity contribution is 0.0742. The largest absolute Gasteiger partial charge is 0.353 e. The summed E-state index contributed by atoms with van der Waals surface area (Å²) < 4.78 is 27.8. The van der Waals surface area contributed by atoms with E-state index in [-0.39, 0.29) is 12.0 Å². The second-order valence-corrected chi connectivity index (χ2v) is 6.50. The van der Waals surface area contributed by atoms with Gasteiger partial charge in [0.1, 0.15) is 4.75 Å². The summed E-state index contributed by atoms with van der Waals surface area (Å²) in [7, 11) is -4.02. The van der Waals surface area contributed by atoms with Gasteiger partial charge in [-0.3, -0.25) is 0 Å². The molecule has 19 heavy (non-hydrogen) atoms. The molecule has 0 spiro atoms. The Morgan fingerprint density at radius 2 is 1.89 bits per heavy atom. The summed E-state index contributed by atoms with van der Waals surface area (Å²) in [5, 5.41) is 0. The fourth-order valence-corrected chi connectivity index (χ4v) is 2.74. The first kappa shape index (κ1) is 13.5. The summed E-state index contributed by atoms with van der Waals surface area (Å²) in [4.78, 5) is 11.8. The highest BCUT2D eigenvalue weighted by atomic mass is 32.2. The normalized spacial score (nSPS) is 22.2. The lowest BCUT2D eigenvalue weighted by atomic mass is 10.0. The molecule has 1 aliphatic rings. The van der Waals surface area contributed by atoms with Gasteiger partial charge in [-0.2, -0.15) is 8.42 Å². The van der Waals surface area contributed by atoms with E-state index in [1.54, 1.807) is 36.4 Å². The standard InChI is InChI=1S/C14H14O4S/c1-14(10-6-3-7-11-14)19(16,17)18-13(15)12-8-4-2-5-9-12/h2-10H,11H2,1H3. The summed E-state index contributed by atoms with van der Waals surface area (Å²) in [6, 6.07) is 8.05. The third-order valence-electron chi connectivity index (χ3n) is 2.99. The Morgan fingerprint density at radius 1 is 1.21 bits per heavy atom. The van der Waals surface area contributed by atoms with Gasteiger partial charge in [-0.1, -0.05) is 42.5 Å². The van der Waals surface area contributed by atoms with Crippen molar-refractivity contribution < 1.29 is 17.4 Å². The van der Waals surface area contributed by atoms with Gasteiger partial charge < -0.3 is 4.18 Å². The number of rotatable bonds is 3. The first-order valence-corrected chi connectivity index (χ1v) is 7.23. The predicted molar refractivity (Wildman–Crippen MR) is 72.1 cm³/mol. The Morgan fingerprint density at radius 3 is 2.47 bits per heavy atom. The zero-order valence-corrected chi connectivity index (χ0v) is 11.3. The molecule has 4 nitrogen and oxygen atoms in total. The molecule has 1 aromatic rings. The van der Waals surface area contributed by atoms with Crippen LogP contribution < -0.4 is 0 Å². The zero-order valence-electron chi connectivity index (χ0n) is 10.4. The maximum Gasteiger partial charge on any atom is 0.353 e. The van der Waals surface area contributed by atoms with Crippen LogP contribution in [0.15, 0.2) is 54.6 Å². The molecule has 0 saturated heterocycles. The Bertz CT molecular complexity index is 629. The molecule has 0 radical (unpaired) electrons. The molecule has 100 valence electrons. The average Bonchev–Trinajstić information content (AvgIpc) is 2.40. The fourth-order valence-electron chi connectivity index (χ4n) is 1.71. The van der Waals surface area contributed by atoms with E-state index in [9.17, 15) is 13.2 Å². The molecule has 0 heterocycles. The molecule has 0 amide bonds. The fraction of sp³-hybridized carbons (Fsp3) is 0.214. The quantitative estimate of drug-likeness (QED) is 0.797. The number of carbonyl (C=O) groups is 1. The van der Waals surface area contributed by atoms with E-state index in [0.29, 0.717) is 0 Å². The summed E-state index contributed by atoms with van der Waals surface area (Å²) in [6.45, 7) is 1.53. The van der Waals surface area contributed by atoms with Gasteiger partial charge in [0, 0.05) is 0 Å². The van der Waals surface area contributed by atoms with E-state index in [2.05, 4.69) is 0 Å². The molecule has 5 heteroatoms. The maximum atomic E-state index is 12.2. The van der Waals surface area contributed by atoms with Crippen LogP contribution in [0.5, 0.6) is 0 Å². The highest BCUT2D eigenvalue weighted by Gasteiger charge is 2.40. The summed E-state index contributed by atoms with van der Waals surface area (Å²) in [5.41, 5.74) is 0.213. The Hall–Kier alpha value is -1.88. The predicted octanol–water partition coefficient (Wildman–Crippen LogP) is 2.45. The average molecular weight is 278 g/mol. The number of carbonyl (C=O) groups excluding carboxylic acids is 1.